The fourth-order valence-corrected chi connectivity index (χ4v) is 1.34. The van der Waals surface area contributed by atoms with E-state index in [1.807, 2.05) is 0 Å². The molecule has 0 bridgehead atoms. The van der Waals surface area contributed by atoms with Crippen molar-refractivity contribution in [3.8, 4) is 11.1 Å². The van der Waals surface area contributed by atoms with Crippen LogP contribution in [0.15, 0.2) is 36.7 Å². The van der Waals surface area contributed by atoms with Crippen LogP contribution in [0.4, 0.5) is 14.5 Å². The third-order valence-electron chi connectivity index (χ3n) is 1.96. The Kier molecular flexibility index (Phi) is 2.33. The van der Waals surface area contributed by atoms with Gasteiger partial charge in [-0.05, 0) is 23.8 Å². The van der Waals surface area contributed by atoms with Gasteiger partial charge in [-0.1, -0.05) is 0 Å². The largest absolute Gasteiger partial charge is 0.397 e. The molecule has 4 heteroatoms. The van der Waals surface area contributed by atoms with Crippen LogP contribution in [0.3, 0.4) is 0 Å². The van der Waals surface area contributed by atoms with Crippen LogP contribution in [0.25, 0.3) is 11.1 Å². The molecule has 2 aromatic rings. The Morgan fingerprint density at radius 3 is 2.13 bits per heavy atom. The lowest BCUT2D eigenvalue weighted by Crippen LogP contribution is -1.89. The van der Waals surface area contributed by atoms with Gasteiger partial charge in [-0.2, -0.15) is 0 Å². The molecule has 1 aromatic carbocycles. The van der Waals surface area contributed by atoms with Gasteiger partial charge in [0, 0.05) is 24.0 Å². The van der Waals surface area contributed by atoms with E-state index in [2.05, 4.69) is 4.98 Å². The number of hydrogen-bond acceptors (Lipinski definition) is 2. The molecular formula is C11H8F2N2. The summed E-state index contributed by atoms with van der Waals surface area (Å²) in [6, 6.07) is 4.91. The molecule has 15 heavy (non-hydrogen) atoms. The van der Waals surface area contributed by atoms with Crippen molar-refractivity contribution < 1.29 is 8.78 Å². The number of aromatic nitrogens is 1. The first-order chi connectivity index (χ1) is 7.15. The summed E-state index contributed by atoms with van der Waals surface area (Å²) in [7, 11) is 0. The minimum absolute atomic E-state index is 0.423. The zero-order chi connectivity index (χ0) is 10.8. The normalized spacial score (nSPS) is 10.3. The van der Waals surface area contributed by atoms with Crippen LogP contribution < -0.4 is 5.73 Å². The van der Waals surface area contributed by atoms with Gasteiger partial charge in [0.25, 0.3) is 0 Å². The number of halogens is 2. The van der Waals surface area contributed by atoms with Crippen LogP contribution in [0, 0.1) is 11.6 Å². The summed E-state index contributed by atoms with van der Waals surface area (Å²) in [5, 5.41) is 0. The molecule has 0 aliphatic carbocycles. The highest BCUT2D eigenvalue weighted by atomic mass is 19.1. The second kappa shape index (κ2) is 3.65. The van der Waals surface area contributed by atoms with Crippen molar-refractivity contribution in [3.05, 3.63) is 48.3 Å². The Morgan fingerprint density at radius 1 is 0.867 bits per heavy atom. The molecule has 0 saturated carbocycles. The monoisotopic (exact) mass is 206 g/mol. The average Bonchev–Trinajstić information content (AvgIpc) is 2.16. The number of nitrogen functional groups attached to an aromatic ring is 1. The lowest BCUT2D eigenvalue weighted by atomic mass is 10.1. The van der Waals surface area contributed by atoms with Crippen molar-refractivity contribution in [3.63, 3.8) is 0 Å². The first-order valence-corrected chi connectivity index (χ1v) is 4.32. The van der Waals surface area contributed by atoms with Gasteiger partial charge < -0.3 is 5.73 Å². The third-order valence-corrected chi connectivity index (χ3v) is 1.96. The number of nitrogens with two attached hydrogens (primary N) is 1. The SMILES string of the molecule is Nc1cncc(-c2cc(F)cc(F)c2)c1. The van der Waals surface area contributed by atoms with Gasteiger partial charge in [0.05, 0.1) is 5.69 Å². The molecule has 0 radical (unpaired) electrons. The second-order valence-electron chi connectivity index (χ2n) is 3.17. The zero-order valence-corrected chi connectivity index (χ0v) is 7.74. The Morgan fingerprint density at radius 2 is 1.53 bits per heavy atom. The molecule has 0 unspecified atom stereocenters. The Bertz CT molecular complexity index is 477. The van der Waals surface area contributed by atoms with E-state index in [9.17, 15) is 8.78 Å². The van der Waals surface area contributed by atoms with Gasteiger partial charge >= 0.3 is 0 Å². The topological polar surface area (TPSA) is 38.9 Å². The van der Waals surface area contributed by atoms with Crippen LogP contribution >= 0.6 is 0 Å². The molecular weight excluding hydrogens is 198 g/mol. The minimum Gasteiger partial charge on any atom is -0.397 e. The molecule has 0 aliphatic heterocycles. The predicted octanol–water partition coefficient (Wildman–Crippen LogP) is 2.61. The molecule has 1 heterocycles. The smallest absolute Gasteiger partial charge is 0.126 e. The highest BCUT2D eigenvalue weighted by molar-refractivity contribution is 5.65. The third kappa shape index (κ3) is 2.10. The number of anilines is 1. The average molecular weight is 206 g/mol. The van der Waals surface area contributed by atoms with Crippen molar-refractivity contribution in [1.29, 1.82) is 0 Å². The number of nitrogens with zero attached hydrogens (tertiary/aromatic N) is 1. The Labute approximate surface area is 85.4 Å². The van der Waals surface area contributed by atoms with Gasteiger partial charge in [-0.3, -0.25) is 4.98 Å². The van der Waals surface area contributed by atoms with E-state index in [1.54, 1.807) is 6.07 Å². The fraction of sp³-hybridized carbons (Fsp3) is 0. The molecule has 0 spiro atoms. The van der Waals surface area contributed by atoms with E-state index in [0.717, 1.165) is 6.07 Å². The summed E-state index contributed by atoms with van der Waals surface area (Å²) < 4.78 is 25.8. The summed E-state index contributed by atoms with van der Waals surface area (Å²) in [6.45, 7) is 0. The van der Waals surface area contributed by atoms with Crippen molar-refractivity contribution in [1.82, 2.24) is 4.98 Å². The summed E-state index contributed by atoms with van der Waals surface area (Å²) in [6.07, 6.45) is 2.98. The lowest BCUT2D eigenvalue weighted by molar-refractivity contribution is 0.584. The predicted molar refractivity (Wildman–Crippen MR) is 54.0 cm³/mol. The number of rotatable bonds is 1. The fourth-order valence-electron chi connectivity index (χ4n) is 1.34. The van der Waals surface area contributed by atoms with E-state index in [0.29, 0.717) is 16.8 Å². The van der Waals surface area contributed by atoms with Gasteiger partial charge in [0.15, 0.2) is 0 Å². The van der Waals surface area contributed by atoms with Crippen molar-refractivity contribution in [2.45, 2.75) is 0 Å². The molecule has 0 fully saturated rings. The van der Waals surface area contributed by atoms with E-state index in [-0.39, 0.29) is 0 Å². The summed E-state index contributed by atoms with van der Waals surface area (Å²) in [5.41, 5.74) is 6.99. The van der Waals surface area contributed by atoms with Gasteiger partial charge in [0.1, 0.15) is 11.6 Å². The standard InChI is InChI=1S/C11H8F2N2/c12-9-1-7(2-10(13)4-9)8-3-11(14)6-15-5-8/h1-6H,14H2. The maximum absolute atomic E-state index is 12.9. The van der Waals surface area contributed by atoms with E-state index < -0.39 is 11.6 Å². The van der Waals surface area contributed by atoms with Crippen molar-refractivity contribution >= 4 is 5.69 Å². The molecule has 1 aromatic heterocycles. The molecule has 0 aliphatic rings. The highest BCUT2D eigenvalue weighted by Gasteiger charge is 2.03. The van der Waals surface area contributed by atoms with Gasteiger partial charge in [-0.25, -0.2) is 8.78 Å². The maximum atomic E-state index is 12.9. The maximum Gasteiger partial charge on any atom is 0.126 e. The van der Waals surface area contributed by atoms with Gasteiger partial charge in [0.2, 0.25) is 0 Å². The molecule has 0 amide bonds. The lowest BCUT2D eigenvalue weighted by Gasteiger charge is -2.02. The molecule has 0 saturated heterocycles. The highest BCUT2D eigenvalue weighted by Crippen LogP contribution is 2.22. The van der Waals surface area contributed by atoms with Crippen LogP contribution in [0.1, 0.15) is 0 Å². The van der Waals surface area contributed by atoms with E-state index in [4.69, 9.17) is 5.73 Å². The molecule has 76 valence electrons. The van der Waals surface area contributed by atoms with Crippen LogP contribution in [-0.4, -0.2) is 4.98 Å². The Hall–Kier alpha value is -1.97. The van der Waals surface area contributed by atoms with Crippen LogP contribution in [0.2, 0.25) is 0 Å². The van der Waals surface area contributed by atoms with Crippen molar-refractivity contribution in [2.24, 2.45) is 0 Å². The number of pyridine rings is 1. The van der Waals surface area contributed by atoms with Crippen LogP contribution in [-0.2, 0) is 0 Å². The first kappa shape index (κ1) is 9.58. The van der Waals surface area contributed by atoms with E-state index in [1.165, 1.54) is 24.5 Å². The number of benzene rings is 1. The van der Waals surface area contributed by atoms with Crippen molar-refractivity contribution in [2.75, 3.05) is 5.73 Å². The first-order valence-electron chi connectivity index (χ1n) is 4.32. The molecule has 0 atom stereocenters. The zero-order valence-electron chi connectivity index (χ0n) is 7.74. The summed E-state index contributed by atoms with van der Waals surface area (Å²) in [4.78, 5) is 3.85. The molecule has 2 nitrogen and oxygen atoms in total. The number of hydrogen-bond donors (Lipinski definition) is 1. The Balaban J connectivity index is 2.54. The van der Waals surface area contributed by atoms with E-state index >= 15 is 0 Å². The minimum atomic E-state index is -0.618. The molecule has 2 N–H and O–H groups in total. The van der Waals surface area contributed by atoms with Crippen LogP contribution in [0.5, 0.6) is 0 Å². The molecule has 2 rings (SSSR count). The summed E-state index contributed by atoms with van der Waals surface area (Å²) in [5.74, 6) is -1.24. The van der Waals surface area contributed by atoms with Gasteiger partial charge in [-0.15, -0.1) is 0 Å². The summed E-state index contributed by atoms with van der Waals surface area (Å²) >= 11 is 0. The quantitative estimate of drug-likeness (QED) is 0.778. The second-order valence-corrected chi connectivity index (χ2v) is 3.17.